The average molecular weight is 277 g/mol. The van der Waals surface area contributed by atoms with Crippen molar-refractivity contribution in [1.82, 2.24) is 4.98 Å². The fourth-order valence-corrected chi connectivity index (χ4v) is 2.46. The van der Waals surface area contributed by atoms with Gasteiger partial charge in [-0.25, -0.2) is 0 Å². The van der Waals surface area contributed by atoms with Crippen LogP contribution in [0.25, 0.3) is 10.8 Å². The van der Waals surface area contributed by atoms with Crippen LogP contribution in [0.1, 0.15) is 5.56 Å². The van der Waals surface area contributed by atoms with Gasteiger partial charge in [0, 0.05) is 26.8 Å². The Morgan fingerprint density at radius 1 is 1.00 bits per heavy atom. The SMILES string of the molecule is CN(C)c1ccncc1NCc1ccc2ccccc2c1. The third-order valence-electron chi connectivity index (χ3n) is 3.58. The Kier molecular flexibility index (Phi) is 3.73. The minimum absolute atomic E-state index is 0.789. The molecular formula is C18H19N3. The molecule has 0 radical (unpaired) electrons. The molecular weight excluding hydrogens is 258 g/mol. The van der Waals surface area contributed by atoms with Gasteiger partial charge in [-0.3, -0.25) is 4.98 Å². The zero-order chi connectivity index (χ0) is 14.7. The molecule has 0 aliphatic heterocycles. The van der Waals surface area contributed by atoms with E-state index in [4.69, 9.17) is 0 Å². The number of rotatable bonds is 4. The van der Waals surface area contributed by atoms with Crippen LogP contribution in [0, 0.1) is 0 Å². The molecule has 0 fully saturated rings. The Labute approximate surface area is 125 Å². The first-order valence-corrected chi connectivity index (χ1v) is 7.07. The normalized spacial score (nSPS) is 10.6. The van der Waals surface area contributed by atoms with Gasteiger partial charge in [-0.05, 0) is 28.5 Å². The second-order valence-electron chi connectivity index (χ2n) is 5.32. The molecule has 3 nitrogen and oxygen atoms in total. The molecule has 3 heteroatoms. The monoisotopic (exact) mass is 277 g/mol. The van der Waals surface area contributed by atoms with Crippen LogP contribution in [-0.2, 0) is 6.54 Å². The molecule has 0 atom stereocenters. The van der Waals surface area contributed by atoms with E-state index in [2.05, 4.69) is 57.7 Å². The first kappa shape index (κ1) is 13.4. The summed E-state index contributed by atoms with van der Waals surface area (Å²) < 4.78 is 0. The third-order valence-corrected chi connectivity index (χ3v) is 3.58. The quantitative estimate of drug-likeness (QED) is 0.783. The Hall–Kier alpha value is -2.55. The van der Waals surface area contributed by atoms with E-state index in [1.165, 1.54) is 16.3 Å². The molecule has 0 unspecified atom stereocenters. The first-order valence-electron chi connectivity index (χ1n) is 7.07. The van der Waals surface area contributed by atoms with Gasteiger partial charge in [0.15, 0.2) is 0 Å². The summed E-state index contributed by atoms with van der Waals surface area (Å²) in [4.78, 5) is 6.29. The number of hydrogen-bond donors (Lipinski definition) is 1. The number of aromatic nitrogens is 1. The van der Waals surface area contributed by atoms with Crippen LogP contribution < -0.4 is 10.2 Å². The predicted molar refractivity (Wildman–Crippen MR) is 89.8 cm³/mol. The van der Waals surface area contributed by atoms with Crippen molar-refractivity contribution in [2.45, 2.75) is 6.54 Å². The van der Waals surface area contributed by atoms with Gasteiger partial charge in [0.1, 0.15) is 0 Å². The Balaban J connectivity index is 1.80. The molecule has 0 spiro atoms. The van der Waals surface area contributed by atoms with Crippen molar-refractivity contribution >= 4 is 22.1 Å². The Morgan fingerprint density at radius 3 is 2.62 bits per heavy atom. The van der Waals surface area contributed by atoms with Gasteiger partial charge in [-0.2, -0.15) is 0 Å². The maximum atomic E-state index is 4.20. The van der Waals surface area contributed by atoms with Gasteiger partial charge in [0.25, 0.3) is 0 Å². The second-order valence-corrected chi connectivity index (χ2v) is 5.32. The number of fused-ring (bicyclic) bond motifs is 1. The maximum absolute atomic E-state index is 4.20. The van der Waals surface area contributed by atoms with Crippen LogP contribution in [0.15, 0.2) is 60.9 Å². The molecule has 0 aliphatic carbocycles. The summed E-state index contributed by atoms with van der Waals surface area (Å²) in [6.45, 7) is 0.789. The largest absolute Gasteiger partial charge is 0.378 e. The van der Waals surface area contributed by atoms with E-state index in [0.29, 0.717) is 0 Å². The van der Waals surface area contributed by atoms with Gasteiger partial charge in [0.05, 0.1) is 17.6 Å². The molecule has 3 rings (SSSR count). The minimum atomic E-state index is 0.789. The van der Waals surface area contributed by atoms with Crippen molar-refractivity contribution in [3.63, 3.8) is 0 Å². The van der Waals surface area contributed by atoms with Gasteiger partial charge in [0.2, 0.25) is 0 Å². The summed E-state index contributed by atoms with van der Waals surface area (Å²) in [6, 6.07) is 17.0. The van der Waals surface area contributed by atoms with E-state index >= 15 is 0 Å². The van der Waals surface area contributed by atoms with Crippen molar-refractivity contribution in [2.24, 2.45) is 0 Å². The molecule has 2 aromatic carbocycles. The van der Waals surface area contributed by atoms with Crippen LogP contribution in [0.2, 0.25) is 0 Å². The summed E-state index contributed by atoms with van der Waals surface area (Å²) in [7, 11) is 4.08. The van der Waals surface area contributed by atoms with Crippen molar-refractivity contribution in [2.75, 3.05) is 24.3 Å². The number of anilines is 2. The van der Waals surface area contributed by atoms with Crippen molar-refractivity contribution < 1.29 is 0 Å². The fourth-order valence-electron chi connectivity index (χ4n) is 2.46. The van der Waals surface area contributed by atoms with Crippen molar-refractivity contribution in [3.8, 4) is 0 Å². The zero-order valence-electron chi connectivity index (χ0n) is 12.4. The molecule has 0 saturated heterocycles. The Bertz CT molecular complexity index is 750. The molecule has 1 aromatic heterocycles. The number of nitrogens with one attached hydrogen (secondary N) is 1. The third kappa shape index (κ3) is 2.97. The first-order chi connectivity index (χ1) is 10.2. The highest BCUT2D eigenvalue weighted by atomic mass is 15.1. The number of pyridine rings is 1. The minimum Gasteiger partial charge on any atom is -0.378 e. The van der Waals surface area contributed by atoms with Crippen LogP contribution >= 0.6 is 0 Å². The van der Waals surface area contributed by atoms with E-state index in [1.54, 1.807) is 0 Å². The van der Waals surface area contributed by atoms with Gasteiger partial charge >= 0.3 is 0 Å². The predicted octanol–water partition coefficient (Wildman–Crippen LogP) is 3.91. The summed E-state index contributed by atoms with van der Waals surface area (Å²) >= 11 is 0. The van der Waals surface area contributed by atoms with E-state index in [0.717, 1.165) is 17.9 Å². The van der Waals surface area contributed by atoms with Crippen molar-refractivity contribution in [3.05, 3.63) is 66.5 Å². The Morgan fingerprint density at radius 2 is 1.81 bits per heavy atom. The molecule has 0 saturated carbocycles. The highest BCUT2D eigenvalue weighted by molar-refractivity contribution is 5.83. The topological polar surface area (TPSA) is 28.2 Å². The molecule has 21 heavy (non-hydrogen) atoms. The lowest BCUT2D eigenvalue weighted by Crippen LogP contribution is -2.12. The standard InChI is InChI=1S/C18H19N3/c1-21(2)18-9-10-19-13-17(18)20-12-14-7-8-15-5-3-4-6-16(15)11-14/h3-11,13,20H,12H2,1-2H3. The lowest BCUT2D eigenvalue weighted by Gasteiger charge is -2.18. The van der Waals surface area contributed by atoms with Gasteiger partial charge < -0.3 is 10.2 Å². The zero-order valence-corrected chi connectivity index (χ0v) is 12.4. The van der Waals surface area contributed by atoms with E-state index in [1.807, 2.05) is 32.6 Å². The lowest BCUT2D eigenvalue weighted by molar-refractivity contribution is 1.09. The fraction of sp³-hybridized carbons (Fsp3) is 0.167. The molecule has 1 N–H and O–H groups in total. The highest BCUT2D eigenvalue weighted by Gasteiger charge is 2.04. The lowest BCUT2D eigenvalue weighted by atomic mass is 10.1. The maximum Gasteiger partial charge on any atom is 0.0766 e. The molecule has 106 valence electrons. The van der Waals surface area contributed by atoms with Crippen LogP contribution in [-0.4, -0.2) is 19.1 Å². The van der Waals surface area contributed by atoms with Gasteiger partial charge in [-0.15, -0.1) is 0 Å². The number of hydrogen-bond acceptors (Lipinski definition) is 3. The highest BCUT2D eigenvalue weighted by Crippen LogP contribution is 2.23. The van der Waals surface area contributed by atoms with Crippen LogP contribution in [0.4, 0.5) is 11.4 Å². The molecule has 0 amide bonds. The number of nitrogens with zero attached hydrogens (tertiary/aromatic N) is 2. The van der Waals surface area contributed by atoms with Crippen molar-refractivity contribution in [1.29, 1.82) is 0 Å². The summed E-state index contributed by atoms with van der Waals surface area (Å²) in [5, 5.41) is 6.02. The smallest absolute Gasteiger partial charge is 0.0766 e. The summed E-state index contributed by atoms with van der Waals surface area (Å²) in [6.07, 6.45) is 3.69. The molecule has 0 aliphatic rings. The van der Waals surface area contributed by atoms with E-state index in [9.17, 15) is 0 Å². The van der Waals surface area contributed by atoms with Crippen LogP contribution in [0.3, 0.4) is 0 Å². The second kappa shape index (κ2) is 5.83. The number of benzene rings is 2. The summed E-state index contributed by atoms with van der Waals surface area (Å²) in [5.41, 5.74) is 3.46. The van der Waals surface area contributed by atoms with E-state index in [-0.39, 0.29) is 0 Å². The van der Waals surface area contributed by atoms with Crippen LogP contribution in [0.5, 0.6) is 0 Å². The summed E-state index contributed by atoms with van der Waals surface area (Å²) in [5.74, 6) is 0. The van der Waals surface area contributed by atoms with E-state index < -0.39 is 0 Å². The molecule has 0 bridgehead atoms. The molecule has 1 heterocycles. The van der Waals surface area contributed by atoms with Gasteiger partial charge in [-0.1, -0.05) is 36.4 Å². The molecule has 3 aromatic rings. The average Bonchev–Trinajstić information content (AvgIpc) is 2.53.